The van der Waals surface area contributed by atoms with E-state index in [0.717, 1.165) is 68.5 Å². The first-order chi connectivity index (χ1) is 23.7. The number of nitrogens with zero attached hydrogens (tertiary/aromatic N) is 4. The fourth-order valence-electron chi connectivity index (χ4n) is 6.99. The maximum atomic E-state index is 6.49. The number of aryl methyl sites for hydroxylation is 1. The molecule has 7 aromatic rings. The van der Waals surface area contributed by atoms with Gasteiger partial charge >= 0.3 is 21.1 Å². The largest absolute Gasteiger partial charge is 2.00 e. The molecule has 8 heteroatoms. The van der Waals surface area contributed by atoms with Gasteiger partial charge in [0.05, 0.1) is 11.3 Å². The molecule has 0 N–H and O–H groups in total. The first-order valence-electron chi connectivity index (χ1n) is 16.6. The molecule has 7 nitrogen and oxygen atoms in total. The molecule has 0 bridgehead atoms. The maximum Gasteiger partial charge on any atom is 2.00 e. The number of ether oxygens (including phenoxy) is 3. The van der Waals surface area contributed by atoms with Gasteiger partial charge in [0.25, 0.3) is 0 Å². The van der Waals surface area contributed by atoms with Crippen molar-refractivity contribution in [1.82, 2.24) is 19.3 Å². The number of benzene rings is 4. The topological polar surface area (TPSA) is 63.3 Å². The normalized spacial score (nSPS) is 13.4. The van der Waals surface area contributed by atoms with Crippen molar-refractivity contribution < 1.29 is 35.3 Å². The van der Waals surface area contributed by atoms with Crippen LogP contribution in [0.2, 0.25) is 0 Å². The van der Waals surface area contributed by atoms with E-state index < -0.39 is 0 Å². The minimum atomic E-state index is 0. The summed E-state index contributed by atoms with van der Waals surface area (Å²) in [5.74, 6) is 2.91. The van der Waals surface area contributed by atoms with Gasteiger partial charge in [0.1, 0.15) is 5.82 Å². The fourth-order valence-corrected chi connectivity index (χ4v) is 6.99. The Bertz CT molecular complexity index is 2220. The molecule has 3 aromatic heterocycles. The van der Waals surface area contributed by atoms with Gasteiger partial charge in [-0.25, -0.2) is 4.98 Å². The van der Waals surface area contributed by atoms with Crippen LogP contribution in [-0.2, 0) is 25.8 Å². The zero-order chi connectivity index (χ0) is 32.5. The molecule has 0 unspecified atom stereocenters. The van der Waals surface area contributed by atoms with Crippen LogP contribution < -0.4 is 9.47 Å². The van der Waals surface area contributed by atoms with E-state index in [2.05, 4.69) is 84.3 Å². The second kappa shape index (κ2) is 14.4. The Kier molecular flexibility index (Phi) is 9.65. The molecule has 4 aromatic carbocycles. The molecule has 1 fully saturated rings. The van der Waals surface area contributed by atoms with Gasteiger partial charge in [-0.15, -0.1) is 40.8 Å². The molecule has 0 amide bonds. The summed E-state index contributed by atoms with van der Waals surface area (Å²) in [7, 11) is 1.63. The number of pyridine rings is 1. The molecule has 1 aliphatic carbocycles. The summed E-state index contributed by atoms with van der Waals surface area (Å²) in [5.41, 5.74) is 7.13. The van der Waals surface area contributed by atoms with Gasteiger partial charge in [-0.1, -0.05) is 73.3 Å². The third-order valence-corrected chi connectivity index (χ3v) is 9.14. The smallest absolute Gasteiger partial charge is 0.509 e. The summed E-state index contributed by atoms with van der Waals surface area (Å²) >= 11 is 0. The van der Waals surface area contributed by atoms with Crippen LogP contribution in [0.3, 0.4) is 0 Å². The molecule has 0 aliphatic heterocycles. The van der Waals surface area contributed by atoms with E-state index in [1.807, 2.05) is 47.3 Å². The zero-order valence-electron chi connectivity index (χ0n) is 27.5. The number of hydrogen-bond acceptors (Lipinski definition) is 5. The standard InChI is InChI=1S/C41H36N4O3.Pt/c1-28-22-23-42-38(24-28)44-36-19-10-9-18-34(36)35-21-20-33(26-37(35)44)48-32-17-11-16-31(25-32)45-40(30-14-7-4-8-15-30)39(29-12-5-3-6-13-29)41(43-45)47-27-46-2;/h3,5-6,9-13,16-24,30H,4,7-8,14-15,27H2,1-2H3;/q-2;+2. The predicted octanol–water partition coefficient (Wildman–Crippen LogP) is 9.76. The molecule has 0 atom stereocenters. The summed E-state index contributed by atoms with van der Waals surface area (Å²) in [4.78, 5) is 4.71. The molecule has 248 valence electrons. The van der Waals surface area contributed by atoms with Gasteiger partial charge in [-0.2, -0.15) is 12.1 Å². The summed E-state index contributed by atoms with van der Waals surface area (Å²) < 4.78 is 22.1. The number of rotatable bonds is 9. The van der Waals surface area contributed by atoms with Crippen LogP contribution in [0.15, 0.2) is 103 Å². The average molecular weight is 828 g/mol. The molecular formula is C41H36N4O3Pt. The number of fused-ring (bicyclic) bond motifs is 3. The van der Waals surface area contributed by atoms with Gasteiger partial charge in [0.15, 0.2) is 6.79 Å². The SMILES string of the molecule is COCOc1nn(-c2[c-]c(Oc3[c-]c4c(cc3)c3ccccc3n4-c3cc(C)ccn3)ccc2)c(C2CCCCC2)c1-c1ccccc1.[Pt+2]. The Morgan fingerprint density at radius 2 is 1.61 bits per heavy atom. The quantitative estimate of drug-likeness (QED) is 0.107. The van der Waals surface area contributed by atoms with Gasteiger partial charge < -0.3 is 18.8 Å². The maximum absolute atomic E-state index is 6.49. The first kappa shape index (κ1) is 32.8. The van der Waals surface area contributed by atoms with E-state index in [0.29, 0.717) is 23.3 Å². The molecule has 3 heterocycles. The Morgan fingerprint density at radius 3 is 2.43 bits per heavy atom. The predicted molar refractivity (Wildman–Crippen MR) is 188 cm³/mol. The van der Waals surface area contributed by atoms with E-state index in [1.54, 1.807) is 7.11 Å². The van der Waals surface area contributed by atoms with E-state index in [9.17, 15) is 0 Å². The van der Waals surface area contributed by atoms with Crippen LogP contribution in [0.5, 0.6) is 17.4 Å². The minimum absolute atomic E-state index is 0. The van der Waals surface area contributed by atoms with E-state index in [-0.39, 0.29) is 27.9 Å². The van der Waals surface area contributed by atoms with Gasteiger partial charge in [-0.05, 0) is 60.2 Å². The number of methoxy groups -OCH3 is 1. The van der Waals surface area contributed by atoms with Crippen LogP contribution in [-0.4, -0.2) is 33.2 Å². The van der Waals surface area contributed by atoms with Crippen LogP contribution in [0.1, 0.15) is 49.3 Å². The van der Waals surface area contributed by atoms with Crippen molar-refractivity contribution in [2.24, 2.45) is 0 Å². The number of aromatic nitrogens is 4. The van der Waals surface area contributed by atoms with Crippen molar-refractivity contribution in [3.05, 3.63) is 127 Å². The molecule has 8 rings (SSSR count). The molecule has 49 heavy (non-hydrogen) atoms. The summed E-state index contributed by atoms with van der Waals surface area (Å²) in [6, 6.07) is 39.9. The van der Waals surface area contributed by atoms with Crippen LogP contribution in [0.4, 0.5) is 0 Å². The summed E-state index contributed by atoms with van der Waals surface area (Å²) in [6.07, 6.45) is 7.69. The van der Waals surface area contributed by atoms with Crippen molar-refractivity contribution in [2.45, 2.75) is 44.9 Å². The summed E-state index contributed by atoms with van der Waals surface area (Å²) in [6.45, 7) is 2.19. The third-order valence-electron chi connectivity index (χ3n) is 9.14. The van der Waals surface area contributed by atoms with Gasteiger partial charge in [0.2, 0.25) is 5.88 Å². The van der Waals surface area contributed by atoms with Crippen molar-refractivity contribution in [1.29, 1.82) is 0 Å². The van der Waals surface area contributed by atoms with Crippen molar-refractivity contribution >= 4 is 21.8 Å². The van der Waals surface area contributed by atoms with Gasteiger partial charge in [-0.3, -0.25) is 4.68 Å². The van der Waals surface area contributed by atoms with E-state index in [4.69, 9.17) is 24.3 Å². The second-order valence-corrected chi connectivity index (χ2v) is 12.4. The van der Waals surface area contributed by atoms with E-state index in [1.165, 1.54) is 19.3 Å². The summed E-state index contributed by atoms with van der Waals surface area (Å²) in [5, 5.41) is 7.27. The Balaban J connectivity index is 0.00000378. The molecule has 1 saturated carbocycles. The first-order valence-corrected chi connectivity index (χ1v) is 16.6. The van der Waals surface area contributed by atoms with Gasteiger partial charge in [0, 0.05) is 36.2 Å². The molecular weight excluding hydrogens is 792 g/mol. The molecule has 0 saturated heterocycles. The molecule has 0 spiro atoms. The van der Waals surface area contributed by atoms with Crippen molar-refractivity contribution in [3.8, 4) is 40.0 Å². The van der Waals surface area contributed by atoms with Crippen LogP contribution in [0, 0.1) is 19.1 Å². The fraction of sp³-hybridized carbons (Fsp3) is 0.220. The Labute approximate surface area is 300 Å². The minimum Gasteiger partial charge on any atom is -0.509 e. The second-order valence-electron chi connectivity index (χ2n) is 12.4. The molecule has 1 aliphatic rings. The third kappa shape index (κ3) is 6.41. The molecule has 0 radical (unpaired) electrons. The monoisotopic (exact) mass is 827 g/mol. The Morgan fingerprint density at radius 1 is 0.816 bits per heavy atom. The zero-order valence-corrected chi connectivity index (χ0v) is 29.7. The van der Waals surface area contributed by atoms with Crippen LogP contribution >= 0.6 is 0 Å². The van der Waals surface area contributed by atoms with Crippen LogP contribution in [0.25, 0.3) is 44.4 Å². The number of hydrogen-bond donors (Lipinski definition) is 0. The average Bonchev–Trinajstić information content (AvgIpc) is 3.67. The van der Waals surface area contributed by atoms with Crippen molar-refractivity contribution in [2.75, 3.05) is 13.9 Å². The van der Waals surface area contributed by atoms with Crippen molar-refractivity contribution in [3.63, 3.8) is 0 Å². The van der Waals surface area contributed by atoms with E-state index >= 15 is 0 Å². The number of para-hydroxylation sites is 1. The Hall–Kier alpha value is -4.71.